The fourth-order valence-corrected chi connectivity index (χ4v) is 5.47. The van der Waals surface area contributed by atoms with Gasteiger partial charge in [0.15, 0.2) is 0 Å². The van der Waals surface area contributed by atoms with Gasteiger partial charge in [-0.3, -0.25) is 14.2 Å². The van der Waals surface area contributed by atoms with E-state index in [1.807, 2.05) is 42.5 Å². The molecule has 0 aliphatic heterocycles. The maximum atomic E-state index is 13.5. The fourth-order valence-electron chi connectivity index (χ4n) is 3.92. The van der Waals surface area contributed by atoms with Crippen molar-refractivity contribution in [3.05, 3.63) is 60.2 Å². The Balaban J connectivity index is 2.18. The Morgan fingerprint density at radius 1 is 0.804 bits per heavy atom. The number of alkyl carbamates (subject to hydrolysis) is 1. The van der Waals surface area contributed by atoms with Gasteiger partial charge < -0.3 is 29.7 Å². The number of rotatable bonds is 14. The Morgan fingerprint density at radius 3 is 2.00 bits per heavy atom. The average molecular weight is 665 g/mol. The zero-order chi connectivity index (χ0) is 34.4. The van der Waals surface area contributed by atoms with Crippen LogP contribution in [0.5, 0.6) is 0 Å². The number of hydrogen-bond acceptors (Lipinski definition) is 11. The minimum Gasteiger partial charge on any atom is -0.432 e. The summed E-state index contributed by atoms with van der Waals surface area (Å²) in [6.07, 6.45) is -4.22. The van der Waals surface area contributed by atoms with Gasteiger partial charge in [-0.05, 0) is 43.9 Å². The van der Waals surface area contributed by atoms with Crippen LogP contribution < -0.4 is 10.6 Å². The molecule has 252 valence electrons. The number of carbonyl (C=O) groups is 5. The number of ether oxygens (including phenoxy) is 3. The van der Waals surface area contributed by atoms with Crippen LogP contribution in [-0.2, 0) is 49.4 Å². The van der Waals surface area contributed by atoms with E-state index < -0.39 is 73.6 Å². The minimum atomic E-state index is -4.31. The van der Waals surface area contributed by atoms with Gasteiger partial charge in [-0.1, -0.05) is 68.4 Å². The summed E-state index contributed by atoms with van der Waals surface area (Å²) < 4.78 is 27.9. The van der Waals surface area contributed by atoms with Gasteiger partial charge in [0, 0.05) is 13.1 Å². The van der Waals surface area contributed by atoms with E-state index in [0.717, 1.165) is 11.1 Å². The van der Waals surface area contributed by atoms with Crippen molar-refractivity contribution in [3.8, 4) is 11.1 Å². The van der Waals surface area contributed by atoms with Crippen molar-refractivity contribution in [2.24, 2.45) is 11.8 Å². The highest BCUT2D eigenvalue weighted by Gasteiger charge is 2.36. The predicted octanol–water partition coefficient (Wildman–Crippen LogP) is 4.54. The summed E-state index contributed by atoms with van der Waals surface area (Å²) in [5, 5.41) is 4.66. The van der Waals surface area contributed by atoms with Gasteiger partial charge in [0.25, 0.3) is 0 Å². The Kier molecular flexibility index (Phi) is 14.7. The molecule has 5 unspecified atom stereocenters. The molecule has 2 aromatic rings. The maximum Gasteiger partial charge on any atom is 0.549 e. The van der Waals surface area contributed by atoms with E-state index >= 15 is 0 Å². The highest BCUT2D eigenvalue weighted by atomic mass is 31.2. The van der Waals surface area contributed by atoms with Crippen LogP contribution in [-0.4, -0.2) is 65.9 Å². The van der Waals surface area contributed by atoms with Crippen LogP contribution in [0.3, 0.4) is 0 Å². The van der Waals surface area contributed by atoms with Crippen LogP contribution >= 0.6 is 7.37 Å². The monoisotopic (exact) mass is 664 g/mol. The third-order valence-electron chi connectivity index (χ3n) is 6.52. The van der Waals surface area contributed by atoms with Gasteiger partial charge in [-0.2, -0.15) is 4.79 Å². The molecule has 15 heteroatoms. The second-order valence-electron chi connectivity index (χ2n) is 10.7. The molecular formula is C31H41N2O12P. The molecule has 0 saturated heterocycles. The summed E-state index contributed by atoms with van der Waals surface area (Å²) in [5.74, 6) is -5.49. The van der Waals surface area contributed by atoms with Gasteiger partial charge in [-0.15, -0.1) is 0 Å². The zero-order valence-corrected chi connectivity index (χ0v) is 27.5. The highest BCUT2D eigenvalue weighted by molar-refractivity contribution is 7.58. The number of nitrogens with one attached hydrogen (secondary N) is 2. The molecule has 0 saturated carbocycles. The second-order valence-corrected chi connectivity index (χ2v) is 13.3. The van der Waals surface area contributed by atoms with E-state index in [2.05, 4.69) is 25.1 Å². The first kappa shape index (κ1) is 37.8. The molecule has 0 aliphatic rings. The number of hydrogen-bond donors (Lipinski definition) is 3. The van der Waals surface area contributed by atoms with Crippen LogP contribution in [0.2, 0.25) is 0 Å². The van der Waals surface area contributed by atoms with Gasteiger partial charge in [0.1, 0.15) is 11.8 Å². The molecule has 0 bridgehead atoms. The lowest BCUT2D eigenvalue weighted by molar-refractivity contribution is -0.244. The van der Waals surface area contributed by atoms with Crippen LogP contribution in [0, 0.1) is 11.8 Å². The van der Waals surface area contributed by atoms with Crippen molar-refractivity contribution in [2.45, 2.75) is 66.1 Å². The largest absolute Gasteiger partial charge is 0.549 e. The van der Waals surface area contributed by atoms with Crippen LogP contribution in [0.15, 0.2) is 54.6 Å². The summed E-state index contributed by atoms with van der Waals surface area (Å²) in [6, 6.07) is 15.5. The molecule has 46 heavy (non-hydrogen) atoms. The molecular weight excluding hydrogens is 623 g/mol. The lowest BCUT2D eigenvalue weighted by Crippen LogP contribution is -2.45. The average Bonchev–Trinajstić information content (AvgIpc) is 3.00. The van der Waals surface area contributed by atoms with Gasteiger partial charge in [0.05, 0.1) is 18.4 Å². The van der Waals surface area contributed by atoms with E-state index in [0.29, 0.717) is 5.56 Å². The van der Waals surface area contributed by atoms with E-state index in [-0.39, 0.29) is 13.0 Å². The Bertz CT molecular complexity index is 1380. The molecule has 0 radical (unpaired) electrons. The quantitative estimate of drug-likeness (QED) is 0.0841. The molecule has 0 aromatic heterocycles. The summed E-state index contributed by atoms with van der Waals surface area (Å²) in [5.41, 5.74) is 2.54. The first-order valence-electron chi connectivity index (χ1n) is 14.6. The number of esters is 1. The topological polar surface area (TPSA) is 193 Å². The van der Waals surface area contributed by atoms with E-state index in [1.165, 1.54) is 27.7 Å². The van der Waals surface area contributed by atoms with Crippen molar-refractivity contribution < 1.29 is 57.4 Å². The standard InChI is InChI=1S/C31H41N2O12P/c1-7-41-31(38)45-44-29(36)20(4)32-27(34)26(17-23-13-15-25(16-14-23)24-11-9-8-10-12-24)18-46(39,40)21(5)33-30(37)43-22(6)42-28(35)19(2)3/h8-16,19-22,26H,7,17-18H2,1-6H3,(H,32,34)(H,33,37)(H,39,40). The van der Waals surface area contributed by atoms with Crippen molar-refractivity contribution in [2.75, 3.05) is 12.8 Å². The summed E-state index contributed by atoms with van der Waals surface area (Å²) in [7, 11) is -4.31. The van der Waals surface area contributed by atoms with E-state index in [1.54, 1.807) is 26.0 Å². The fraction of sp³-hybridized carbons (Fsp3) is 0.452. The first-order valence-corrected chi connectivity index (χ1v) is 16.5. The maximum absolute atomic E-state index is 13.5. The molecule has 5 atom stereocenters. The minimum absolute atomic E-state index is 0.00803. The Labute approximate surface area is 267 Å². The lowest BCUT2D eigenvalue weighted by atomic mass is 9.97. The number of carbonyl (C=O) groups excluding carboxylic acids is 5. The van der Waals surface area contributed by atoms with Crippen LogP contribution in [0.4, 0.5) is 9.59 Å². The summed E-state index contributed by atoms with van der Waals surface area (Å²) >= 11 is 0. The number of benzene rings is 2. The van der Waals surface area contributed by atoms with E-state index in [4.69, 9.17) is 9.47 Å². The Hall–Kier alpha value is -4.42. The predicted molar refractivity (Wildman–Crippen MR) is 165 cm³/mol. The van der Waals surface area contributed by atoms with Crippen molar-refractivity contribution in [1.82, 2.24) is 10.6 Å². The second kappa shape index (κ2) is 17.9. The molecule has 3 N–H and O–H groups in total. The van der Waals surface area contributed by atoms with Crippen molar-refractivity contribution >= 4 is 37.5 Å². The van der Waals surface area contributed by atoms with Crippen LogP contribution in [0.25, 0.3) is 11.1 Å². The summed E-state index contributed by atoms with van der Waals surface area (Å²) in [6.45, 7) is 8.56. The molecule has 0 fully saturated rings. The molecule has 14 nitrogen and oxygen atoms in total. The van der Waals surface area contributed by atoms with Gasteiger partial charge >= 0.3 is 24.2 Å². The highest BCUT2D eigenvalue weighted by Crippen LogP contribution is 2.47. The molecule has 0 spiro atoms. The van der Waals surface area contributed by atoms with Crippen molar-refractivity contribution in [1.29, 1.82) is 0 Å². The SMILES string of the molecule is CCOC(=O)OOC(=O)C(C)NC(=O)C(Cc1ccc(-c2ccccc2)cc1)CP(=O)(O)C(C)NC(=O)OC(C)OC(=O)C(C)C. The third kappa shape index (κ3) is 12.5. The molecule has 0 heterocycles. The smallest absolute Gasteiger partial charge is 0.432 e. The summed E-state index contributed by atoms with van der Waals surface area (Å²) in [4.78, 5) is 80.7. The van der Waals surface area contributed by atoms with Gasteiger partial charge in [-0.25, -0.2) is 19.4 Å². The Morgan fingerprint density at radius 2 is 1.41 bits per heavy atom. The molecule has 2 rings (SSSR count). The lowest BCUT2D eigenvalue weighted by Gasteiger charge is -2.26. The number of amides is 2. The van der Waals surface area contributed by atoms with Gasteiger partial charge in [0.2, 0.25) is 19.6 Å². The van der Waals surface area contributed by atoms with Crippen molar-refractivity contribution in [3.63, 3.8) is 0 Å². The van der Waals surface area contributed by atoms with Crippen LogP contribution in [0.1, 0.15) is 47.1 Å². The molecule has 2 amide bonds. The van der Waals surface area contributed by atoms with E-state index in [9.17, 15) is 33.4 Å². The first-order chi connectivity index (χ1) is 21.6. The molecule has 0 aliphatic carbocycles. The zero-order valence-electron chi connectivity index (χ0n) is 26.6. The molecule has 2 aromatic carbocycles. The normalized spacial score (nSPS) is 14.8. The third-order valence-corrected chi connectivity index (χ3v) is 8.82.